The molecule has 7 heteroatoms. The van der Waals surface area contributed by atoms with Crippen LogP contribution in [0.2, 0.25) is 0 Å². The van der Waals surface area contributed by atoms with Crippen molar-refractivity contribution in [1.29, 1.82) is 0 Å². The Morgan fingerprint density at radius 1 is 0.833 bits per heavy atom. The molecule has 0 aliphatic carbocycles. The van der Waals surface area contributed by atoms with Gasteiger partial charge in [0.15, 0.2) is 0 Å². The number of hydrogen-bond acceptors (Lipinski definition) is 5. The van der Waals surface area contributed by atoms with E-state index in [-0.39, 0.29) is 36.2 Å². The molecule has 0 rings (SSSR count). The van der Waals surface area contributed by atoms with Crippen molar-refractivity contribution in [2.45, 2.75) is 90.1 Å². The van der Waals surface area contributed by atoms with Gasteiger partial charge in [-0.3, -0.25) is 4.18 Å². The van der Waals surface area contributed by atoms with Gasteiger partial charge in [0, 0.05) is 29.6 Å². The van der Waals surface area contributed by atoms with E-state index >= 15 is 0 Å². The Bertz CT molecular complexity index is 349. The molecule has 1 atom stereocenters. The molecule has 0 fully saturated rings. The molecule has 0 aromatic carbocycles. The van der Waals surface area contributed by atoms with Gasteiger partial charge in [-0.15, -0.1) is 0 Å². The van der Waals surface area contributed by atoms with E-state index in [9.17, 15) is 8.42 Å². The Hall–Kier alpha value is 0.830. The molecule has 0 aliphatic rings. The molecule has 1 unspecified atom stereocenters. The number of rotatable bonds is 17. The van der Waals surface area contributed by atoms with Crippen LogP contribution in [0.4, 0.5) is 0 Å². The topological polar surface area (TPSA) is 83.8 Å². The van der Waals surface area contributed by atoms with E-state index in [2.05, 4.69) is 6.92 Å². The second kappa shape index (κ2) is 18.6. The Labute approximate surface area is 171 Å². The zero-order chi connectivity index (χ0) is 17.4. The number of aliphatic hydroxyl groups is 2. The van der Waals surface area contributed by atoms with Crippen LogP contribution in [0, 0.1) is 0 Å². The second-order valence-corrected chi connectivity index (χ2v) is 7.96. The van der Waals surface area contributed by atoms with E-state index in [0.29, 0.717) is 6.42 Å². The SMILES string of the molecule is CCCCCCCCCCCCCCOS(=O)(=O)CC(O)CO.[Na]. The van der Waals surface area contributed by atoms with Gasteiger partial charge in [0.05, 0.1) is 19.3 Å². The van der Waals surface area contributed by atoms with Crippen molar-refractivity contribution in [1.82, 2.24) is 0 Å². The first-order chi connectivity index (χ1) is 11.0. The van der Waals surface area contributed by atoms with Crippen LogP contribution in [-0.2, 0) is 14.3 Å². The summed E-state index contributed by atoms with van der Waals surface area (Å²) in [4.78, 5) is 0. The first kappa shape index (κ1) is 27.1. The second-order valence-electron chi connectivity index (χ2n) is 6.27. The molecular formula is C17H36NaO5S. The monoisotopic (exact) mass is 375 g/mol. The van der Waals surface area contributed by atoms with Gasteiger partial charge < -0.3 is 10.2 Å². The number of hydrogen-bond donors (Lipinski definition) is 2. The molecule has 0 aromatic rings. The van der Waals surface area contributed by atoms with Crippen LogP contribution in [-0.4, -0.2) is 73.3 Å². The molecule has 0 spiro atoms. The predicted molar refractivity (Wildman–Crippen MR) is 99.7 cm³/mol. The summed E-state index contributed by atoms with van der Waals surface area (Å²) in [6, 6.07) is 0. The average Bonchev–Trinajstić information content (AvgIpc) is 2.51. The number of aliphatic hydroxyl groups excluding tert-OH is 2. The smallest absolute Gasteiger partial charge is 0.269 e. The Kier molecular flexibility index (Phi) is 21.0. The van der Waals surface area contributed by atoms with Crippen molar-refractivity contribution >= 4 is 39.7 Å². The van der Waals surface area contributed by atoms with E-state index < -0.39 is 28.6 Å². The summed E-state index contributed by atoms with van der Waals surface area (Å²) in [5.41, 5.74) is 0. The fraction of sp³-hybridized carbons (Fsp3) is 1.00. The molecular weight excluding hydrogens is 339 g/mol. The van der Waals surface area contributed by atoms with Gasteiger partial charge in [0.1, 0.15) is 5.75 Å². The van der Waals surface area contributed by atoms with Gasteiger partial charge >= 0.3 is 0 Å². The molecule has 0 saturated carbocycles. The maximum absolute atomic E-state index is 11.4. The van der Waals surface area contributed by atoms with Crippen LogP contribution >= 0.6 is 0 Å². The first-order valence-electron chi connectivity index (χ1n) is 9.18. The third kappa shape index (κ3) is 19.2. The Balaban J connectivity index is 0. The summed E-state index contributed by atoms with van der Waals surface area (Å²) < 4.78 is 27.6. The minimum atomic E-state index is -3.72. The van der Waals surface area contributed by atoms with Crippen molar-refractivity contribution in [3.63, 3.8) is 0 Å². The first-order valence-corrected chi connectivity index (χ1v) is 10.8. The van der Waals surface area contributed by atoms with Crippen molar-refractivity contribution in [2.75, 3.05) is 19.0 Å². The molecule has 0 saturated heterocycles. The average molecular weight is 376 g/mol. The summed E-state index contributed by atoms with van der Waals surface area (Å²) in [5, 5.41) is 17.7. The maximum atomic E-state index is 11.4. The summed E-state index contributed by atoms with van der Waals surface area (Å²) >= 11 is 0. The molecule has 5 nitrogen and oxygen atoms in total. The Morgan fingerprint density at radius 3 is 1.67 bits per heavy atom. The van der Waals surface area contributed by atoms with Crippen molar-refractivity contribution in [3.05, 3.63) is 0 Å². The van der Waals surface area contributed by atoms with Crippen molar-refractivity contribution in [2.24, 2.45) is 0 Å². The quantitative estimate of drug-likeness (QED) is 0.232. The van der Waals surface area contributed by atoms with Gasteiger partial charge in [0.25, 0.3) is 10.1 Å². The van der Waals surface area contributed by atoms with Crippen LogP contribution in [0.15, 0.2) is 0 Å². The third-order valence-corrected chi connectivity index (χ3v) is 5.19. The summed E-state index contributed by atoms with van der Waals surface area (Å²) in [7, 11) is -3.72. The van der Waals surface area contributed by atoms with Gasteiger partial charge in [-0.2, -0.15) is 8.42 Å². The van der Waals surface area contributed by atoms with Gasteiger partial charge in [-0.25, -0.2) is 0 Å². The van der Waals surface area contributed by atoms with E-state index in [1.807, 2.05) is 0 Å². The molecule has 1 radical (unpaired) electrons. The zero-order valence-electron chi connectivity index (χ0n) is 15.7. The van der Waals surface area contributed by atoms with Crippen molar-refractivity contribution in [3.8, 4) is 0 Å². The summed E-state index contributed by atoms with van der Waals surface area (Å²) in [6.07, 6.45) is 13.4. The number of unbranched alkanes of at least 4 members (excludes halogenated alkanes) is 11. The normalized spacial score (nSPS) is 12.8. The van der Waals surface area contributed by atoms with E-state index in [1.54, 1.807) is 0 Å². The van der Waals surface area contributed by atoms with Crippen molar-refractivity contribution < 1.29 is 22.8 Å². The van der Waals surface area contributed by atoms with E-state index in [4.69, 9.17) is 14.4 Å². The molecule has 0 amide bonds. The van der Waals surface area contributed by atoms with Crippen LogP contribution in [0.3, 0.4) is 0 Å². The van der Waals surface area contributed by atoms with Crippen LogP contribution in [0.5, 0.6) is 0 Å². The van der Waals surface area contributed by atoms with Gasteiger partial charge in [0.2, 0.25) is 0 Å². The van der Waals surface area contributed by atoms with E-state index in [0.717, 1.165) is 12.8 Å². The molecule has 0 bridgehead atoms. The van der Waals surface area contributed by atoms with Gasteiger partial charge in [-0.05, 0) is 6.42 Å². The fourth-order valence-corrected chi connectivity index (χ4v) is 3.51. The minimum Gasteiger partial charge on any atom is -0.394 e. The van der Waals surface area contributed by atoms with Gasteiger partial charge in [-0.1, -0.05) is 77.6 Å². The molecule has 0 heterocycles. The fourth-order valence-electron chi connectivity index (χ4n) is 2.47. The van der Waals surface area contributed by atoms with Crippen LogP contribution in [0.1, 0.15) is 84.0 Å². The molecule has 24 heavy (non-hydrogen) atoms. The van der Waals surface area contributed by atoms with E-state index in [1.165, 1.54) is 57.8 Å². The summed E-state index contributed by atoms with van der Waals surface area (Å²) in [5.74, 6) is -0.540. The maximum Gasteiger partial charge on any atom is 0.269 e. The Morgan fingerprint density at radius 2 is 1.25 bits per heavy atom. The molecule has 2 N–H and O–H groups in total. The molecule has 0 aromatic heterocycles. The standard InChI is InChI=1S/C17H36O5S.Na/c1-2-3-4-5-6-7-8-9-10-11-12-13-14-22-23(20,21)16-17(19)15-18;/h17-19H,2-16H2,1H3;. The zero-order valence-corrected chi connectivity index (χ0v) is 18.5. The minimum absolute atomic E-state index is 0. The van der Waals surface area contributed by atoms with Crippen LogP contribution < -0.4 is 0 Å². The molecule has 0 aliphatic heterocycles. The summed E-state index contributed by atoms with van der Waals surface area (Å²) in [6.45, 7) is 1.83. The largest absolute Gasteiger partial charge is 0.394 e. The predicted octanol–water partition coefficient (Wildman–Crippen LogP) is 3.01. The third-order valence-electron chi connectivity index (χ3n) is 3.87. The molecule has 141 valence electrons. The van der Waals surface area contributed by atoms with Crippen LogP contribution in [0.25, 0.3) is 0 Å².